The maximum Gasteiger partial charge on any atom is 0.435 e. The Hall–Kier alpha value is -3.29. The topological polar surface area (TPSA) is 101 Å². The number of nitrogens with one attached hydrogen (secondary N) is 2. The highest BCUT2D eigenvalue weighted by molar-refractivity contribution is 7.09. The molecule has 13 heteroatoms. The van der Waals surface area contributed by atoms with E-state index >= 15 is 0 Å². The van der Waals surface area contributed by atoms with Crippen molar-refractivity contribution in [1.82, 2.24) is 30.3 Å². The Morgan fingerprint density at radius 3 is 2.54 bits per heavy atom. The Bertz CT molecular complexity index is 1310. The molecule has 196 valence electrons. The number of benzene rings is 1. The molecule has 37 heavy (non-hydrogen) atoms. The lowest BCUT2D eigenvalue weighted by Gasteiger charge is -2.30. The number of piperidine rings is 1. The normalized spacial score (nSPS) is 19.2. The van der Waals surface area contributed by atoms with E-state index in [1.54, 1.807) is 42.8 Å². The number of hydrogen-bond acceptors (Lipinski definition) is 8. The standard InChI is InChI=1S/C24H26F3N7O2S/c1-15-10-21(24(25,26)27)31-33(15)9-8-32-6-4-16(5-7-32)23-30-20(14-37-23)22-28-12-17-2-3-19(34(35)36)11-18(17)13-29-22/h2-3,8-11,14,16,22,28-29H,4-7,12-13H2,1H3. The molecule has 0 spiro atoms. The second kappa shape index (κ2) is 10.2. The molecule has 1 unspecified atom stereocenters. The van der Waals surface area contributed by atoms with E-state index in [9.17, 15) is 23.3 Å². The van der Waals surface area contributed by atoms with Gasteiger partial charge in [-0.05, 0) is 37.0 Å². The smallest absolute Gasteiger partial charge is 0.376 e. The van der Waals surface area contributed by atoms with Gasteiger partial charge in [-0.15, -0.1) is 11.3 Å². The van der Waals surface area contributed by atoms with Gasteiger partial charge in [0.2, 0.25) is 0 Å². The molecule has 0 aliphatic carbocycles. The number of nitrogens with zero attached hydrogens (tertiary/aromatic N) is 5. The van der Waals surface area contributed by atoms with Crippen LogP contribution >= 0.6 is 11.3 Å². The number of likely N-dealkylation sites (tertiary alicyclic amines) is 1. The molecule has 2 N–H and O–H groups in total. The molecular formula is C24H26F3N7O2S. The fraction of sp³-hybridized carbons (Fsp3) is 0.417. The van der Waals surface area contributed by atoms with E-state index in [4.69, 9.17) is 4.98 Å². The van der Waals surface area contributed by atoms with Crippen LogP contribution in [-0.2, 0) is 19.3 Å². The van der Waals surface area contributed by atoms with Crippen LogP contribution in [0.2, 0.25) is 0 Å². The molecule has 5 rings (SSSR count). The minimum atomic E-state index is -4.46. The third-order valence-corrected chi connectivity index (χ3v) is 7.77. The van der Waals surface area contributed by atoms with Crippen LogP contribution in [0.15, 0.2) is 35.8 Å². The van der Waals surface area contributed by atoms with Crippen molar-refractivity contribution in [3.63, 3.8) is 0 Å². The zero-order valence-electron chi connectivity index (χ0n) is 20.0. The number of nitro benzene ring substituents is 1. The number of hydrogen-bond donors (Lipinski definition) is 2. The van der Waals surface area contributed by atoms with E-state index < -0.39 is 11.9 Å². The van der Waals surface area contributed by atoms with Gasteiger partial charge in [0, 0.05) is 67.7 Å². The summed E-state index contributed by atoms with van der Waals surface area (Å²) in [4.78, 5) is 17.7. The van der Waals surface area contributed by atoms with E-state index in [-0.39, 0.29) is 16.8 Å². The monoisotopic (exact) mass is 533 g/mol. The van der Waals surface area contributed by atoms with Crippen molar-refractivity contribution in [1.29, 1.82) is 0 Å². The minimum Gasteiger partial charge on any atom is -0.376 e. The molecular weight excluding hydrogens is 507 g/mol. The molecule has 0 amide bonds. The summed E-state index contributed by atoms with van der Waals surface area (Å²) in [7, 11) is 0. The van der Waals surface area contributed by atoms with Gasteiger partial charge < -0.3 is 4.90 Å². The maximum atomic E-state index is 12.9. The number of alkyl halides is 3. The first-order valence-electron chi connectivity index (χ1n) is 11.9. The molecule has 1 saturated heterocycles. The predicted molar refractivity (Wildman–Crippen MR) is 132 cm³/mol. The van der Waals surface area contributed by atoms with E-state index in [0.717, 1.165) is 53.8 Å². The Balaban J connectivity index is 1.17. The highest BCUT2D eigenvalue weighted by Crippen LogP contribution is 2.32. The number of fused-ring (bicyclic) bond motifs is 1. The van der Waals surface area contributed by atoms with Crippen molar-refractivity contribution in [3.05, 3.63) is 79.2 Å². The van der Waals surface area contributed by atoms with Crippen LogP contribution in [0, 0.1) is 17.0 Å². The van der Waals surface area contributed by atoms with Gasteiger partial charge in [0.25, 0.3) is 5.69 Å². The van der Waals surface area contributed by atoms with Crippen molar-refractivity contribution in [2.45, 2.75) is 51.1 Å². The summed E-state index contributed by atoms with van der Waals surface area (Å²) in [5.41, 5.74) is 2.45. The fourth-order valence-corrected chi connectivity index (χ4v) is 5.64. The van der Waals surface area contributed by atoms with Crippen LogP contribution in [-0.4, -0.2) is 37.7 Å². The molecule has 2 aliphatic rings. The van der Waals surface area contributed by atoms with Crippen LogP contribution in [0.4, 0.5) is 18.9 Å². The van der Waals surface area contributed by atoms with Crippen LogP contribution in [0.25, 0.3) is 6.20 Å². The molecule has 2 aromatic heterocycles. The largest absolute Gasteiger partial charge is 0.435 e. The summed E-state index contributed by atoms with van der Waals surface area (Å²) in [6.07, 6.45) is 0.543. The lowest BCUT2D eigenvalue weighted by Crippen LogP contribution is -2.31. The van der Waals surface area contributed by atoms with E-state index in [1.165, 1.54) is 10.7 Å². The molecule has 4 heterocycles. The third kappa shape index (κ3) is 5.68. The lowest BCUT2D eigenvalue weighted by atomic mass is 9.98. The molecule has 0 saturated carbocycles. The number of aromatic nitrogens is 3. The maximum absolute atomic E-state index is 12.9. The summed E-state index contributed by atoms with van der Waals surface area (Å²) < 4.78 is 39.9. The molecule has 0 bridgehead atoms. The predicted octanol–water partition coefficient (Wildman–Crippen LogP) is 4.77. The quantitative estimate of drug-likeness (QED) is 0.360. The van der Waals surface area contributed by atoms with E-state index in [0.29, 0.717) is 24.7 Å². The van der Waals surface area contributed by atoms with Crippen molar-refractivity contribution in [3.8, 4) is 0 Å². The van der Waals surface area contributed by atoms with Gasteiger partial charge in [-0.3, -0.25) is 20.7 Å². The number of rotatable bonds is 5. The van der Waals surface area contributed by atoms with Crippen molar-refractivity contribution < 1.29 is 18.1 Å². The van der Waals surface area contributed by atoms with Crippen molar-refractivity contribution >= 4 is 23.2 Å². The first-order valence-corrected chi connectivity index (χ1v) is 12.8. The van der Waals surface area contributed by atoms with Crippen LogP contribution in [0.5, 0.6) is 0 Å². The Labute approximate surface area is 215 Å². The molecule has 1 fully saturated rings. The van der Waals surface area contributed by atoms with Gasteiger partial charge in [-0.1, -0.05) is 6.07 Å². The minimum absolute atomic E-state index is 0.0851. The molecule has 2 aliphatic heterocycles. The molecule has 1 atom stereocenters. The zero-order chi connectivity index (χ0) is 26.2. The average Bonchev–Trinajstić information content (AvgIpc) is 3.44. The third-order valence-electron chi connectivity index (χ3n) is 6.74. The van der Waals surface area contributed by atoms with Crippen LogP contribution in [0.3, 0.4) is 0 Å². The molecule has 1 aromatic carbocycles. The summed E-state index contributed by atoms with van der Waals surface area (Å²) >= 11 is 1.63. The lowest BCUT2D eigenvalue weighted by molar-refractivity contribution is -0.384. The summed E-state index contributed by atoms with van der Waals surface area (Å²) in [5, 5.41) is 24.7. The van der Waals surface area contributed by atoms with Gasteiger partial charge in [0.1, 0.15) is 6.17 Å². The number of non-ortho nitro benzene ring substituents is 1. The van der Waals surface area contributed by atoms with E-state index in [1.807, 2.05) is 5.38 Å². The first kappa shape index (κ1) is 25.4. The second-order valence-corrected chi connectivity index (χ2v) is 10.1. The first-order chi connectivity index (χ1) is 17.7. The van der Waals surface area contributed by atoms with Crippen LogP contribution in [0.1, 0.15) is 58.1 Å². The highest BCUT2D eigenvalue weighted by atomic mass is 32.1. The van der Waals surface area contributed by atoms with Gasteiger partial charge in [-0.25, -0.2) is 9.67 Å². The second-order valence-electron chi connectivity index (χ2n) is 9.24. The Morgan fingerprint density at radius 2 is 1.86 bits per heavy atom. The average molecular weight is 534 g/mol. The number of thiazole rings is 1. The summed E-state index contributed by atoms with van der Waals surface area (Å²) in [6.45, 7) is 4.24. The summed E-state index contributed by atoms with van der Waals surface area (Å²) in [6, 6.07) is 5.97. The van der Waals surface area contributed by atoms with Gasteiger partial charge in [-0.2, -0.15) is 18.3 Å². The van der Waals surface area contributed by atoms with E-state index in [2.05, 4.69) is 20.6 Å². The SMILES string of the molecule is Cc1cc(C(F)(F)F)nn1C=CN1CCC(c2nc(C3NCc4ccc([N+](=O)[O-])cc4CN3)cs2)CC1. The highest BCUT2D eigenvalue weighted by Gasteiger charge is 2.34. The van der Waals surface area contributed by atoms with Crippen molar-refractivity contribution in [2.75, 3.05) is 13.1 Å². The van der Waals surface area contributed by atoms with Gasteiger partial charge in [0.15, 0.2) is 5.69 Å². The van der Waals surface area contributed by atoms with Crippen LogP contribution < -0.4 is 10.6 Å². The summed E-state index contributed by atoms with van der Waals surface area (Å²) in [5.74, 6) is 0.317. The van der Waals surface area contributed by atoms with Gasteiger partial charge in [0.05, 0.1) is 15.6 Å². The van der Waals surface area contributed by atoms with Crippen molar-refractivity contribution in [2.24, 2.45) is 0 Å². The molecule has 9 nitrogen and oxygen atoms in total. The Morgan fingerprint density at radius 1 is 1.14 bits per heavy atom. The fourth-order valence-electron chi connectivity index (χ4n) is 4.62. The number of nitro groups is 1. The number of aryl methyl sites for hydroxylation is 1. The zero-order valence-corrected chi connectivity index (χ0v) is 20.8. The number of halogens is 3. The van der Waals surface area contributed by atoms with Gasteiger partial charge >= 0.3 is 6.18 Å². The molecule has 0 radical (unpaired) electrons. The Kier molecular flexibility index (Phi) is 7.01. The molecule has 3 aromatic rings.